The average molecular weight is 570 g/mol. The van der Waals surface area contributed by atoms with Crippen LogP contribution < -0.4 is 20.4 Å². The third-order valence-electron chi connectivity index (χ3n) is 8.72. The number of hydrogen-bond acceptors (Lipinski definition) is 8. The molecule has 0 saturated carbocycles. The van der Waals surface area contributed by atoms with Gasteiger partial charge in [-0.05, 0) is 50.3 Å². The molecule has 0 bridgehead atoms. The molecule has 5 rings (SSSR count). The smallest absolute Gasteiger partial charge is 0.305 e. The molecule has 1 aromatic heterocycles. The molecule has 0 aliphatic carbocycles. The Morgan fingerprint density at radius 3 is 2.49 bits per heavy atom. The molecule has 0 radical (unpaired) electrons. The van der Waals surface area contributed by atoms with Gasteiger partial charge in [0.15, 0.2) is 0 Å². The molecule has 0 atom stereocenters. The van der Waals surface area contributed by atoms with Crippen molar-refractivity contribution in [3.8, 4) is 0 Å². The molecular weight excluding hydrogens is 528 g/mol. The number of halogens is 2. The lowest BCUT2D eigenvalue weighted by Gasteiger charge is -2.50. The number of benzene rings is 1. The number of nitrogens with one attached hydrogen (secondary N) is 2. The van der Waals surface area contributed by atoms with E-state index in [1.807, 2.05) is 11.0 Å². The van der Waals surface area contributed by atoms with Crippen LogP contribution in [0.1, 0.15) is 51.5 Å². The first-order chi connectivity index (χ1) is 19.5. The first-order valence-corrected chi connectivity index (χ1v) is 14.4. The van der Waals surface area contributed by atoms with Gasteiger partial charge < -0.3 is 25.5 Å². The number of carboxylic acids is 1. The van der Waals surface area contributed by atoms with E-state index in [2.05, 4.69) is 50.8 Å². The summed E-state index contributed by atoms with van der Waals surface area (Å²) in [6, 6.07) is 4.56. The highest BCUT2D eigenvalue weighted by atomic mass is 19.1. The van der Waals surface area contributed by atoms with Crippen LogP contribution in [0.5, 0.6) is 0 Å². The Balaban J connectivity index is 1.23. The van der Waals surface area contributed by atoms with Gasteiger partial charge in [-0.3, -0.25) is 9.69 Å². The lowest BCUT2D eigenvalue weighted by atomic mass is 9.82. The number of anilines is 3. The van der Waals surface area contributed by atoms with Gasteiger partial charge >= 0.3 is 5.97 Å². The molecule has 9 nitrogen and oxygen atoms in total. The summed E-state index contributed by atoms with van der Waals surface area (Å²) < 4.78 is 30.8. The summed E-state index contributed by atoms with van der Waals surface area (Å²) in [5.41, 5.74) is 1.47. The fourth-order valence-electron chi connectivity index (χ4n) is 6.14. The van der Waals surface area contributed by atoms with Crippen molar-refractivity contribution in [1.29, 1.82) is 0 Å². The van der Waals surface area contributed by atoms with Gasteiger partial charge in [0, 0.05) is 56.1 Å². The summed E-state index contributed by atoms with van der Waals surface area (Å²) in [6.07, 6.45) is 5.11. The van der Waals surface area contributed by atoms with Gasteiger partial charge in [0.25, 0.3) is 0 Å². The van der Waals surface area contributed by atoms with E-state index in [0.717, 1.165) is 50.3 Å². The van der Waals surface area contributed by atoms with Crippen molar-refractivity contribution in [2.75, 3.05) is 60.9 Å². The summed E-state index contributed by atoms with van der Waals surface area (Å²) >= 11 is 0. The average Bonchev–Trinajstić information content (AvgIpc) is 2.91. The van der Waals surface area contributed by atoms with Crippen LogP contribution in [0.2, 0.25) is 0 Å². The molecule has 3 aliphatic rings. The van der Waals surface area contributed by atoms with E-state index in [9.17, 15) is 4.79 Å². The molecule has 2 aromatic rings. The fourth-order valence-corrected chi connectivity index (χ4v) is 6.14. The highest BCUT2D eigenvalue weighted by Crippen LogP contribution is 2.35. The van der Waals surface area contributed by atoms with Crippen molar-refractivity contribution in [2.24, 2.45) is 5.41 Å². The molecular formula is C30H41F2N7O2. The van der Waals surface area contributed by atoms with E-state index < -0.39 is 11.8 Å². The number of piperidine rings is 2. The zero-order chi connectivity index (χ0) is 29.2. The lowest BCUT2D eigenvalue weighted by Crippen LogP contribution is -2.63. The molecule has 0 amide bonds. The van der Waals surface area contributed by atoms with Crippen LogP contribution in [0, 0.1) is 17.0 Å². The number of hydrogen-bond donors (Lipinski definition) is 3. The van der Waals surface area contributed by atoms with Gasteiger partial charge in [-0.15, -0.1) is 0 Å². The second kappa shape index (κ2) is 11.8. The Kier molecular flexibility index (Phi) is 8.35. The number of likely N-dealkylation sites (tertiary alicyclic amines) is 1. The number of rotatable bonds is 8. The molecule has 1 spiro atoms. The SMILES string of the molecule is C=C1CN(c2cc(F)c(CN3CCC(C)(C)CC3)cc2F)CC2(CCN(c3cc(NCCC(=O)O)ncn3)CC2)N1. The number of carboxylic acid groups (broad SMARTS) is 1. The van der Waals surface area contributed by atoms with Gasteiger partial charge in [0.1, 0.15) is 29.6 Å². The van der Waals surface area contributed by atoms with Crippen molar-refractivity contribution in [2.45, 2.75) is 58.0 Å². The molecule has 11 heteroatoms. The second-order valence-corrected chi connectivity index (χ2v) is 12.5. The Bertz CT molecular complexity index is 1270. The molecule has 4 heterocycles. The summed E-state index contributed by atoms with van der Waals surface area (Å²) in [4.78, 5) is 25.7. The predicted octanol–water partition coefficient (Wildman–Crippen LogP) is 4.23. The standard InChI is InChI=1S/C30H41F2N7O2/c1-21-17-39(25-15-23(31)22(14-24(25)32)18-37-10-5-29(2,3)6-11-37)19-30(36-21)7-12-38(13-8-30)27-16-26(34-20-35-27)33-9-4-28(40)41/h14-16,20,36H,1,4-13,17-19H2,2-3H3,(H,40,41)(H,33,34,35). The monoisotopic (exact) mass is 569 g/mol. The zero-order valence-electron chi connectivity index (χ0n) is 24.1. The minimum Gasteiger partial charge on any atom is -0.481 e. The maximum absolute atomic E-state index is 15.5. The van der Waals surface area contributed by atoms with Crippen LogP contribution in [0.3, 0.4) is 0 Å². The quantitative estimate of drug-likeness (QED) is 0.432. The van der Waals surface area contributed by atoms with Gasteiger partial charge in [-0.2, -0.15) is 0 Å². The Labute approximate surface area is 240 Å². The summed E-state index contributed by atoms with van der Waals surface area (Å²) in [6.45, 7) is 13.6. The minimum atomic E-state index is -0.871. The normalized spacial score (nSPS) is 20.6. The molecule has 41 heavy (non-hydrogen) atoms. The molecule has 0 unspecified atom stereocenters. The number of piperazine rings is 1. The summed E-state index contributed by atoms with van der Waals surface area (Å²) in [5.74, 6) is -0.290. The van der Waals surface area contributed by atoms with Gasteiger partial charge in [-0.1, -0.05) is 20.4 Å². The van der Waals surface area contributed by atoms with Gasteiger partial charge in [0.2, 0.25) is 0 Å². The third-order valence-corrected chi connectivity index (χ3v) is 8.72. The van der Waals surface area contributed by atoms with Gasteiger partial charge in [0.05, 0.1) is 24.2 Å². The highest BCUT2D eigenvalue weighted by Gasteiger charge is 2.40. The minimum absolute atomic E-state index is 0.00177. The summed E-state index contributed by atoms with van der Waals surface area (Å²) in [5, 5.41) is 15.5. The van der Waals surface area contributed by atoms with E-state index in [1.54, 1.807) is 0 Å². The van der Waals surface area contributed by atoms with Crippen molar-refractivity contribution in [3.05, 3.63) is 54.0 Å². The molecule has 3 saturated heterocycles. The molecule has 3 N–H and O–H groups in total. The van der Waals surface area contributed by atoms with Crippen LogP contribution in [-0.2, 0) is 11.3 Å². The largest absolute Gasteiger partial charge is 0.481 e. The highest BCUT2D eigenvalue weighted by molar-refractivity contribution is 5.67. The predicted molar refractivity (Wildman–Crippen MR) is 156 cm³/mol. The van der Waals surface area contributed by atoms with Crippen LogP contribution in [0.15, 0.2) is 36.8 Å². The zero-order valence-corrected chi connectivity index (χ0v) is 24.1. The van der Waals surface area contributed by atoms with E-state index in [-0.39, 0.29) is 30.0 Å². The van der Waals surface area contributed by atoms with Crippen molar-refractivity contribution >= 4 is 23.3 Å². The molecule has 3 aliphatic heterocycles. The van der Waals surface area contributed by atoms with E-state index in [1.165, 1.54) is 18.5 Å². The van der Waals surface area contributed by atoms with Crippen LogP contribution in [-0.4, -0.2) is 77.3 Å². The number of aliphatic carboxylic acids is 1. The lowest BCUT2D eigenvalue weighted by molar-refractivity contribution is -0.136. The Morgan fingerprint density at radius 1 is 1.05 bits per heavy atom. The maximum atomic E-state index is 15.5. The van der Waals surface area contributed by atoms with Crippen molar-refractivity contribution in [3.63, 3.8) is 0 Å². The number of carbonyl (C=O) groups is 1. The number of nitrogens with zero attached hydrogens (tertiary/aromatic N) is 5. The second-order valence-electron chi connectivity index (χ2n) is 12.5. The van der Waals surface area contributed by atoms with E-state index >= 15 is 8.78 Å². The fraction of sp³-hybridized carbons (Fsp3) is 0.567. The van der Waals surface area contributed by atoms with Crippen LogP contribution in [0.4, 0.5) is 26.1 Å². The molecule has 3 fully saturated rings. The Hall–Kier alpha value is -3.47. The molecule has 222 valence electrons. The van der Waals surface area contributed by atoms with Crippen LogP contribution in [0.25, 0.3) is 0 Å². The summed E-state index contributed by atoms with van der Waals surface area (Å²) in [7, 11) is 0. The first kappa shape index (κ1) is 29.0. The third kappa shape index (κ3) is 7.06. The maximum Gasteiger partial charge on any atom is 0.305 e. The molecule has 1 aromatic carbocycles. The number of aromatic nitrogens is 2. The Morgan fingerprint density at radius 2 is 1.78 bits per heavy atom. The van der Waals surface area contributed by atoms with Crippen molar-refractivity contribution < 1.29 is 18.7 Å². The topological polar surface area (TPSA) is 96.9 Å². The van der Waals surface area contributed by atoms with E-state index in [0.29, 0.717) is 49.5 Å². The van der Waals surface area contributed by atoms with Gasteiger partial charge in [-0.25, -0.2) is 18.7 Å². The van der Waals surface area contributed by atoms with Crippen LogP contribution >= 0.6 is 0 Å². The van der Waals surface area contributed by atoms with Crippen molar-refractivity contribution in [1.82, 2.24) is 20.2 Å². The first-order valence-electron chi connectivity index (χ1n) is 14.4. The van der Waals surface area contributed by atoms with E-state index in [4.69, 9.17) is 5.11 Å².